The number of H-pyrrole nitrogens is 1. The molecule has 2 N–H and O–H groups in total. The van der Waals surface area contributed by atoms with Gasteiger partial charge in [0.1, 0.15) is 0 Å². The standard InChI is InChI=1S/C14H24N4O2/c1-3-8-18(9-11-4-6-15-7-5-11)13-12(20-2)14(19)17-10-16-13/h10-11,15H,3-9H2,1-2H3,(H,16,17,19). The van der Waals surface area contributed by atoms with Gasteiger partial charge in [0.25, 0.3) is 5.56 Å². The molecule has 20 heavy (non-hydrogen) atoms. The summed E-state index contributed by atoms with van der Waals surface area (Å²) >= 11 is 0. The normalized spacial score (nSPS) is 16.1. The van der Waals surface area contributed by atoms with Crippen LogP contribution in [0, 0.1) is 5.92 Å². The lowest BCUT2D eigenvalue weighted by molar-refractivity contribution is 0.368. The molecule has 1 aliphatic rings. The Morgan fingerprint density at radius 1 is 1.45 bits per heavy atom. The highest BCUT2D eigenvalue weighted by Crippen LogP contribution is 2.24. The van der Waals surface area contributed by atoms with Crippen molar-refractivity contribution in [3.8, 4) is 5.75 Å². The van der Waals surface area contributed by atoms with Crippen molar-refractivity contribution >= 4 is 5.82 Å². The van der Waals surface area contributed by atoms with E-state index in [1.807, 2.05) is 0 Å². The lowest BCUT2D eigenvalue weighted by Gasteiger charge is -2.31. The van der Waals surface area contributed by atoms with Crippen LogP contribution in [0.25, 0.3) is 0 Å². The molecule has 1 fully saturated rings. The predicted octanol–water partition coefficient (Wildman–Crippen LogP) is 0.994. The molecule has 0 saturated carbocycles. The van der Waals surface area contributed by atoms with Crippen molar-refractivity contribution in [3.63, 3.8) is 0 Å². The highest BCUT2D eigenvalue weighted by atomic mass is 16.5. The van der Waals surface area contributed by atoms with Gasteiger partial charge < -0.3 is 19.9 Å². The number of piperidine rings is 1. The first-order valence-electron chi connectivity index (χ1n) is 7.33. The van der Waals surface area contributed by atoms with E-state index < -0.39 is 0 Å². The van der Waals surface area contributed by atoms with Gasteiger partial charge in [-0.25, -0.2) is 4.98 Å². The molecule has 0 radical (unpaired) electrons. The van der Waals surface area contributed by atoms with E-state index >= 15 is 0 Å². The molecule has 1 saturated heterocycles. The van der Waals surface area contributed by atoms with Crippen molar-refractivity contribution in [3.05, 3.63) is 16.7 Å². The van der Waals surface area contributed by atoms with Gasteiger partial charge in [-0.1, -0.05) is 6.92 Å². The summed E-state index contributed by atoms with van der Waals surface area (Å²) in [5.74, 6) is 1.63. The molecular formula is C14H24N4O2. The number of methoxy groups -OCH3 is 1. The molecular weight excluding hydrogens is 256 g/mol. The van der Waals surface area contributed by atoms with E-state index in [4.69, 9.17) is 4.74 Å². The van der Waals surface area contributed by atoms with E-state index in [1.165, 1.54) is 26.3 Å². The Bertz CT molecular complexity index is 468. The third kappa shape index (κ3) is 3.50. The molecule has 2 rings (SSSR count). The second-order valence-electron chi connectivity index (χ2n) is 5.23. The first-order chi connectivity index (χ1) is 9.76. The number of aromatic nitrogens is 2. The average molecular weight is 280 g/mol. The van der Waals surface area contributed by atoms with Crippen LogP contribution in [0.4, 0.5) is 5.82 Å². The lowest BCUT2D eigenvalue weighted by atomic mass is 9.97. The van der Waals surface area contributed by atoms with E-state index in [1.54, 1.807) is 0 Å². The van der Waals surface area contributed by atoms with Gasteiger partial charge in [-0.05, 0) is 38.3 Å². The fraction of sp³-hybridized carbons (Fsp3) is 0.714. The van der Waals surface area contributed by atoms with Crippen LogP contribution < -0.4 is 20.5 Å². The fourth-order valence-corrected chi connectivity index (χ4v) is 2.72. The maximum absolute atomic E-state index is 11.8. The maximum Gasteiger partial charge on any atom is 0.295 e. The Labute approximate surface area is 119 Å². The molecule has 1 aromatic rings. The van der Waals surface area contributed by atoms with E-state index in [0.29, 0.717) is 17.5 Å². The molecule has 6 heteroatoms. The summed E-state index contributed by atoms with van der Waals surface area (Å²) in [6.45, 7) is 6.10. The van der Waals surface area contributed by atoms with Crippen LogP contribution in [0.15, 0.2) is 11.1 Å². The SMILES string of the molecule is CCCN(CC1CCNCC1)c1nc[nH]c(=O)c1OC. The number of aromatic amines is 1. The zero-order valence-electron chi connectivity index (χ0n) is 12.3. The molecule has 6 nitrogen and oxygen atoms in total. The summed E-state index contributed by atoms with van der Waals surface area (Å²) in [6, 6.07) is 0. The molecule has 0 spiro atoms. The van der Waals surface area contributed by atoms with E-state index in [0.717, 1.165) is 32.6 Å². The van der Waals surface area contributed by atoms with Gasteiger partial charge in [-0.2, -0.15) is 0 Å². The summed E-state index contributed by atoms with van der Waals surface area (Å²) < 4.78 is 5.23. The second-order valence-corrected chi connectivity index (χ2v) is 5.23. The Morgan fingerprint density at radius 3 is 2.85 bits per heavy atom. The Kier molecular flexibility index (Phi) is 5.40. The van der Waals surface area contributed by atoms with Crippen molar-refractivity contribution in [1.82, 2.24) is 15.3 Å². The average Bonchev–Trinajstić information content (AvgIpc) is 2.47. The minimum absolute atomic E-state index is 0.219. The Morgan fingerprint density at radius 2 is 2.20 bits per heavy atom. The third-order valence-corrected chi connectivity index (χ3v) is 3.73. The molecule has 0 atom stereocenters. The molecule has 0 bridgehead atoms. The van der Waals surface area contributed by atoms with Gasteiger partial charge in [0, 0.05) is 13.1 Å². The third-order valence-electron chi connectivity index (χ3n) is 3.73. The molecule has 1 aliphatic heterocycles. The number of nitrogens with one attached hydrogen (secondary N) is 2. The smallest absolute Gasteiger partial charge is 0.295 e. The van der Waals surface area contributed by atoms with Crippen molar-refractivity contribution in [2.75, 3.05) is 38.2 Å². The van der Waals surface area contributed by atoms with Crippen LogP contribution in [0.2, 0.25) is 0 Å². The van der Waals surface area contributed by atoms with Gasteiger partial charge in [0.05, 0.1) is 13.4 Å². The lowest BCUT2D eigenvalue weighted by Crippen LogP contribution is -2.37. The highest BCUT2D eigenvalue weighted by molar-refractivity contribution is 5.50. The van der Waals surface area contributed by atoms with Crippen LogP contribution in [0.3, 0.4) is 0 Å². The molecule has 0 aliphatic carbocycles. The number of hydrogen-bond acceptors (Lipinski definition) is 5. The number of anilines is 1. The first-order valence-corrected chi connectivity index (χ1v) is 7.33. The van der Waals surface area contributed by atoms with Crippen molar-refractivity contribution in [2.24, 2.45) is 5.92 Å². The summed E-state index contributed by atoms with van der Waals surface area (Å²) in [5.41, 5.74) is -0.219. The van der Waals surface area contributed by atoms with Crippen molar-refractivity contribution in [2.45, 2.75) is 26.2 Å². The minimum Gasteiger partial charge on any atom is -0.489 e. The second kappa shape index (κ2) is 7.28. The first kappa shape index (κ1) is 14.8. The zero-order chi connectivity index (χ0) is 14.4. The fourth-order valence-electron chi connectivity index (χ4n) is 2.72. The van der Waals surface area contributed by atoms with Gasteiger partial charge >= 0.3 is 0 Å². The van der Waals surface area contributed by atoms with E-state index in [9.17, 15) is 4.79 Å². The Hall–Kier alpha value is -1.56. The maximum atomic E-state index is 11.8. The largest absolute Gasteiger partial charge is 0.489 e. The van der Waals surface area contributed by atoms with Crippen LogP contribution in [0.1, 0.15) is 26.2 Å². The molecule has 0 unspecified atom stereocenters. The summed E-state index contributed by atoms with van der Waals surface area (Å²) in [6.07, 6.45) is 4.81. The molecule has 2 heterocycles. The number of ether oxygens (including phenoxy) is 1. The monoisotopic (exact) mass is 280 g/mol. The summed E-state index contributed by atoms with van der Waals surface area (Å²) in [7, 11) is 1.52. The van der Waals surface area contributed by atoms with Crippen LogP contribution in [-0.2, 0) is 0 Å². The van der Waals surface area contributed by atoms with Crippen molar-refractivity contribution < 1.29 is 4.74 Å². The molecule has 0 aromatic carbocycles. The summed E-state index contributed by atoms with van der Waals surface area (Å²) in [4.78, 5) is 20.9. The van der Waals surface area contributed by atoms with Gasteiger partial charge in [-0.3, -0.25) is 4.79 Å². The highest BCUT2D eigenvalue weighted by Gasteiger charge is 2.21. The topological polar surface area (TPSA) is 70.2 Å². The molecule has 0 amide bonds. The number of nitrogens with zero attached hydrogens (tertiary/aromatic N) is 2. The quantitative estimate of drug-likeness (QED) is 0.813. The zero-order valence-corrected chi connectivity index (χ0v) is 12.3. The van der Waals surface area contributed by atoms with Gasteiger partial charge in [-0.15, -0.1) is 0 Å². The number of hydrogen-bond donors (Lipinski definition) is 2. The molecule has 1 aromatic heterocycles. The molecule has 112 valence electrons. The van der Waals surface area contributed by atoms with Crippen LogP contribution in [-0.4, -0.2) is 43.3 Å². The van der Waals surface area contributed by atoms with Crippen molar-refractivity contribution in [1.29, 1.82) is 0 Å². The number of rotatable bonds is 6. The predicted molar refractivity (Wildman–Crippen MR) is 79.5 cm³/mol. The van der Waals surface area contributed by atoms with Gasteiger partial charge in [0.2, 0.25) is 5.75 Å². The van der Waals surface area contributed by atoms with Gasteiger partial charge in [0.15, 0.2) is 5.82 Å². The van der Waals surface area contributed by atoms with Crippen LogP contribution >= 0.6 is 0 Å². The minimum atomic E-state index is -0.219. The van der Waals surface area contributed by atoms with Crippen LogP contribution in [0.5, 0.6) is 5.75 Å². The van der Waals surface area contributed by atoms with E-state index in [2.05, 4.69) is 27.1 Å². The summed E-state index contributed by atoms with van der Waals surface area (Å²) in [5, 5.41) is 3.38. The van der Waals surface area contributed by atoms with E-state index in [-0.39, 0.29) is 5.56 Å². The Balaban J connectivity index is 2.19.